The molecule has 0 spiro atoms. The maximum atomic E-state index is 12.5. The van der Waals surface area contributed by atoms with E-state index in [1.165, 1.54) is 7.11 Å². The largest absolute Gasteiger partial charge is 0.494 e. The molecule has 1 amide bonds. The Kier molecular flexibility index (Phi) is 3.68. The van der Waals surface area contributed by atoms with Crippen LogP contribution in [0.3, 0.4) is 0 Å². The number of hydrogen-bond donors (Lipinski definition) is 2. The number of anilines is 1. The highest BCUT2D eigenvalue weighted by Gasteiger charge is 2.35. The molecule has 6 nitrogen and oxygen atoms in total. The van der Waals surface area contributed by atoms with E-state index in [9.17, 15) is 18.0 Å². The number of amides is 1. The number of halogens is 3. The van der Waals surface area contributed by atoms with E-state index in [0.29, 0.717) is 28.3 Å². The normalized spacial score (nSPS) is 11.7. The molecule has 1 aromatic carbocycles. The Balaban J connectivity index is 1.89. The van der Waals surface area contributed by atoms with Gasteiger partial charge in [0.2, 0.25) is 0 Å². The van der Waals surface area contributed by atoms with E-state index in [-0.39, 0.29) is 5.69 Å². The van der Waals surface area contributed by atoms with Gasteiger partial charge < -0.3 is 10.1 Å². The number of H-pyrrole nitrogens is 1. The van der Waals surface area contributed by atoms with Gasteiger partial charge in [0.25, 0.3) is 5.91 Å². The van der Waals surface area contributed by atoms with Crippen molar-refractivity contribution >= 4 is 33.8 Å². The van der Waals surface area contributed by atoms with E-state index in [4.69, 9.17) is 4.74 Å². The number of fused-ring (bicyclic) bond motifs is 1. The summed E-state index contributed by atoms with van der Waals surface area (Å²) in [7, 11) is 1.41. The van der Waals surface area contributed by atoms with Gasteiger partial charge in [0.15, 0.2) is 5.01 Å². The Hall–Kier alpha value is -2.62. The minimum atomic E-state index is -4.57. The Morgan fingerprint density at radius 3 is 2.83 bits per heavy atom. The van der Waals surface area contributed by atoms with Crippen LogP contribution in [0.5, 0.6) is 5.75 Å². The van der Waals surface area contributed by atoms with Crippen molar-refractivity contribution in [2.45, 2.75) is 6.18 Å². The van der Waals surface area contributed by atoms with Gasteiger partial charge in [-0.25, -0.2) is 4.98 Å². The molecule has 0 fully saturated rings. The fraction of sp³-hybridized carbons (Fsp3) is 0.154. The smallest absolute Gasteiger partial charge is 0.443 e. The Labute approximate surface area is 131 Å². The predicted octanol–water partition coefficient (Wildman–Crippen LogP) is 3.30. The summed E-state index contributed by atoms with van der Waals surface area (Å²) in [5.74, 6) is -0.415. The summed E-state index contributed by atoms with van der Waals surface area (Å²) in [4.78, 5) is 15.4. The number of carbonyl (C=O) groups is 1. The van der Waals surface area contributed by atoms with Crippen LogP contribution in [0, 0.1) is 0 Å². The molecule has 0 unspecified atom stereocenters. The van der Waals surface area contributed by atoms with Crippen LogP contribution in [0.15, 0.2) is 23.7 Å². The molecule has 23 heavy (non-hydrogen) atoms. The van der Waals surface area contributed by atoms with Crippen LogP contribution in [0.2, 0.25) is 0 Å². The lowest BCUT2D eigenvalue weighted by Crippen LogP contribution is -2.14. The summed E-state index contributed by atoms with van der Waals surface area (Å²) in [5, 5.41) is 9.85. The highest BCUT2D eigenvalue weighted by molar-refractivity contribution is 7.10. The van der Waals surface area contributed by atoms with Crippen LogP contribution in [0.4, 0.5) is 18.9 Å². The van der Waals surface area contributed by atoms with Crippen LogP contribution in [0.25, 0.3) is 10.9 Å². The summed E-state index contributed by atoms with van der Waals surface area (Å²) in [6.45, 7) is 0. The molecular weight excluding hydrogens is 333 g/mol. The molecular formula is C13H9F3N4O2S. The third kappa shape index (κ3) is 2.97. The second-order valence-corrected chi connectivity index (χ2v) is 5.34. The predicted molar refractivity (Wildman–Crippen MR) is 77.7 cm³/mol. The zero-order valence-electron chi connectivity index (χ0n) is 11.6. The van der Waals surface area contributed by atoms with Crippen LogP contribution >= 0.6 is 11.3 Å². The van der Waals surface area contributed by atoms with Gasteiger partial charge >= 0.3 is 6.18 Å². The van der Waals surface area contributed by atoms with E-state index < -0.39 is 17.1 Å². The molecule has 2 N–H and O–H groups in total. The van der Waals surface area contributed by atoms with Gasteiger partial charge in [-0.15, -0.1) is 11.3 Å². The van der Waals surface area contributed by atoms with Crippen LogP contribution < -0.4 is 10.1 Å². The number of aromatic nitrogens is 3. The summed E-state index contributed by atoms with van der Waals surface area (Å²) < 4.78 is 42.8. The Morgan fingerprint density at radius 2 is 2.17 bits per heavy atom. The number of ether oxygens (including phenoxy) is 1. The van der Waals surface area contributed by atoms with Crippen molar-refractivity contribution < 1.29 is 22.7 Å². The molecule has 3 aromatic rings. The molecule has 120 valence electrons. The second-order valence-electron chi connectivity index (χ2n) is 4.49. The Bertz CT molecular complexity index is 872. The van der Waals surface area contributed by atoms with Crippen molar-refractivity contribution in [3.05, 3.63) is 34.4 Å². The summed E-state index contributed by atoms with van der Waals surface area (Å²) in [6, 6.07) is 3.20. The molecule has 0 radical (unpaired) electrons. The zero-order chi connectivity index (χ0) is 16.6. The van der Waals surface area contributed by atoms with Crippen LogP contribution in [-0.2, 0) is 6.18 Å². The van der Waals surface area contributed by atoms with Gasteiger partial charge in [0, 0.05) is 23.0 Å². The Morgan fingerprint density at radius 1 is 1.39 bits per heavy atom. The van der Waals surface area contributed by atoms with Gasteiger partial charge in [0.05, 0.1) is 18.3 Å². The number of carbonyl (C=O) groups excluding carboxylic acids is 1. The minimum Gasteiger partial charge on any atom is -0.494 e. The number of methoxy groups -OCH3 is 1. The highest BCUT2D eigenvalue weighted by atomic mass is 32.1. The lowest BCUT2D eigenvalue weighted by atomic mass is 10.2. The second kappa shape index (κ2) is 5.54. The number of alkyl halides is 3. The quantitative estimate of drug-likeness (QED) is 0.765. The third-order valence-electron chi connectivity index (χ3n) is 2.98. The number of nitrogens with one attached hydrogen (secondary N) is 2. The number of benzene rings is 1. The van der Waals surface area contributed by atoms with Gasteiger partial charge in [-0.3, -0.25) is 9.89 Å². The molecule has 2 heterocycles. The van der Waals surface area contributed by atoms with E-state index in [0.717, 1.165) is 10.8 Å². The van der Waals surface area contributed by atoms with E-state index in [1.807, 2.05) is 0 Å². The molecule has 3 rings (SSSR count). The standard InChI is InChI=1S/C13H9F3N4O2S/c1-22-10-3-7-6(4-17-20-7)2-8(10)18-11(21)9-5-23-12(19-9)13(14,15)16/h2-5H,1H3,(H,17,20)(H,18,21). The molecule has 0 saturated heterocycles. The summed E-state index contributed by atoms with van der Waals surface area (Å²) >= 11 is 0.366. The fourth-order valence-electron chi connectivity index (χ4n) is 1.93. The molecule has 0 aliphatic rings. The van der Waals surface area contributed by atoms with Crippen molar-refractivity contribution in [1.29, 1.82) is 0 Å². The first-order valence-corrected chi connectivity index (χ1v) is 7.12. The van der Waals surface area contributed by atoms with E-state index >= 15 is 0 Å². The third-order valence-corrected chi connectivity index (χ3v) is 3.87. The monoisotopic (exact) mass is 342 g/mol. The summed E-state index contributed by atoms with van der Waals surface area (Å²) in [5.41, 5.74) is 0.637. The maximum absolute atomic E-state index is 12.5. The van der Waals surface area contributed by atoms with Gasteiger partial charge in [-0.1, -0.05) is 0 Å². The molecule has 0 bridgehead atoms. The fourth-order valence-corrected chi connectivity index (χ4v) is 2.60. The summed E-state index contributed by atoms with van der Waals surface area (Å²) in [6.07, 6.45) is -2.95. The van der Waals surface area contributed by atoms with Crippen molar-refractivity contribution in [2.24, 2.45) is 0 Å². The maximum Gasteiger partial charge on any atom is 0.443 e. The van der Waals surface area contributed by atoms with Gasteiger partial charge in [0.1, 0.15) is 11.4 Å². The minimum absolute atomic E-state index is 0.309. The average molecular weight is 342 g/mol. The number of nitrogens with zero attached hydrogens (tertiary/aromatic N) is 2. The van der Waals surface area contributed by atoms with Crippen molar-refractivity contribution in [3.8, 4) is 5.75 Å². The first-order valence-electron chi connectivity index (χ1n) is 6.24. The highest BCUT2D eigenvalue weighted by Crippen LogP contribution is 2.33. The first kappa shape index (κ1) is 15.3. The molecule has 10 heteroatoms. The SMILES string of the molecule is COc1cc2n[nH]cc2cc1NC(=O)c1csc(C(F)(F)F)n1. The molecule has 0 atom stereocenters. The lowest BCUT2D eigenvalue weighted by Gasteiger charge is -2.09. The van der Waals surface area contributed by atoms with Gasteiger partial charge in [-0.2, -0.15) is 18.3 Å². The molecule has 0 aliphatic heterocycles. The van der Waals surface area contributed by atoms with Crippen molar-refractivity contribution in [1.82, 2.24) is 15.2 Å². The molecule has 2 aromatic heterocycles. The number of thiazole rings is 1. The van der Waals surface area contributed by atoms with Crippen molar-refractivity contribution in [3.63, 3.8) is 0 Å². The van der Waals surface area contributed by atoms with Crippen LogP contribution in [0.1, 0.15) is 15.5 Å². The lowest BCUT2D eigenvalue weighted by molar-refractivity contribution is -0.137. The zero-order valence-corrected chi connectivity index (χ0v) is 12.4. The number of rotatable bonds is 3. The van der Waals surface area contributed by atoms with E-state index in [2.05, 4.69) is 20.5 Å². The van der Waals surface area contributed by atoms with Crippen molar-refractivity contribution in [2.75, 3.05) is 12.4 Å². The van der Waals surface area contributed by atoms with E-state index in [1.54, 1.807) is 18.3 Å². The van der Waals surface area contributed by atoms with Gasteiger partial charge in [-0.05, 0) is 6.07 Å². The topological polar surface area (TPSA) is 79.9 Å². The first-order chi connectivity index (χ1) is 10.9. The molecule has 0 saturated carbocycles. The number of hydrogen-bond acceptors (Lipinski definition) is 5. The number of aromatic amines is 1. The van der Waals surface area contributed by atoms with Crippen LogP contribution in [-0.4, -0.2) is 28.2 Å². The molecule has 0 aliphatic carbocycles. The average Bonchev–Trinajstić information content (AvgIpc) is 3.14.